The summed E-state index contributed by atoms with van der Waals surface area (Å²) in [6, 6.07) is 4.21. The molecule has 7 heteroatoms. The number of nitrogens with zero attached hydrogens (tertiary/aromatic N) is 2. The SMILES string of the molecule is Cc1cc([N+](=O)[O-])ccc1C(=O)N1CCC(CC(=O)O)CC1. The topological polar surface area (TPSA) is 101 Å². The van der Waals surface area contributed by atoms with Gasteiger partial charge in [-0.05, 0) is 37.3 Å². The summed E-state index contributed by atoms with van der Waals surface area (Å²) < 4.78 is 0. The molecule has 0 atom stereocenters. The molecule has 1 heterocycles. The Morgan fingerprint density at radius 3 is 2.50 bits per heavy atom. The molecule has 1 saturated heterocycles. The van der Waals surface area contributed by atoms with Gasteiger partial charge >= 0.3 is 5.97 Å². The first-order chi connectivity index (χ1) is 10.4. The minimum Gasteiger partial charge on any atom is -0.481 e. The molecule has 0 bridgehead atoms. The van der Waals surface area contributed by atoms with Crippen LogP contribution in [0.25, 0.3) is 0 Å². The van der Waals surface area contributed by atoms with E-state index >= 15 is 0 Å². The molecule has 0 radical (unpaired) electrons. The molecule has 0 saturated carbocycles. The summed E-state index contributed by atoms with van der Waals surface area (Å²) in [7, 11) is 0. The van der Waals surface area contributed by atoms with Gasteiger partial charge < -0.3 is 10.0 Å². The summed E-state index contributed by atoms with van der Waals surface area (Å²) in [5, 5.41) is 19.5. The number of aliphatic carboxylic acids is 1. The first kappa shape index (κ1) is 15.9. The smallest absolute Gasteiger partial charge is 0.303 e. The molecule has 118 valence electrons. The van der Waals surface area contributed by atoms with E-state index in [0.29, 0.717) is 37.1 Å². The largest absolute Gasteiger partial charge is 0.481 e. The zero-order chi connectivity index (χ0) is 16.3. The van der Waals surface area contributed by atoms with E-state index in [0.717, 1.165) is 0 Å². The van der Waals surface area contributed by atoms with Crippen LogP contribution in [0.3, 0.4) is 0 Å². The molecule has 0 unspecified atom stereocenters. The molecule has 1 fully saturated rings. The predicted octanol–water partition coefficient (Wildman–Crippen LogP) is 2.23. The number of hydrogen-bond donors (Lipinski definition) is 1. The van der Waals surface area contributed by atoms with Crippen molar-refractivity contribution in [1.82, 2.24) is 4.90 Å². The number of aryl methyl sites for hydroxylation is 1. The molecule has 1 amide bonds. The third kappa shape index (κ3) is 3.60. The van der Waals surface area contributed by atoms with Gasteiger partial charge in [0.1, 0.15) is 0 Å². The molecule has 1 N–H and O–H groups in total. The highest BCUT2D eigenvalue weighted by atomic mass is 16.6. The van der Waals surface area contributed by atoms with Crippen LogP contribution in [0.15, 0.2) is 18.2 Å². The molecule has 1 aliphatic heterocycles. The van der Waals surface area contributed by atoms with E-state index in [4.69, 9.17) is 5.11 Å². The fraction of sp³-hybridized carbons (Fsp3) is 0.467. The zero-order valence-corrected chi connectivity index (χ0v) is 12.3. The molecular weight excluding hydrogens is 288 g/mol. The number of benzene rings is 1. The highest BCUT2D eigenvalue weighted by Gasteiger charge is 2.26. The van der Waals surface area contributed by atoms with E-state index in [1.54, 1.807) is 11.8 Å². The lowest BCUT2D eigenvalue weighted by Crippen LogP contribution is -2.39. The number of rotatable bonds is 4. The number of likely N-dealkylation sites (tertiary alicyclic amines) is 1. The van der Waals surface area contributed by atoms with Crippen LogP contribution in [0.4, 0.5) is 5.69 Å². The van der Waals surface area contributed by atoms with Gasteiger partial charge in [-0.2, -0.15) is 0 Å². The Balaban J connectivity index is 2.04. The summed E-state index contributed by atoms with van der Waals surface area (Å²) in [5.41, 5.74) is 1.00. The van der Waals surface area contributed by atoms with Crippen molar-refractivity contribution in [2.24, 2.45) is 5.92 Å². The third-order valence-corrected chi connectivity index (χ3v) is 4.02. The number of carbonyl (C=O) groups is 2. The van der Waals surface area contributed by atoms with E-state index in [1.165, 1.54) is 18.2 Å². The minimum absolute atomic E-state index is 0.0331. The lowest BCUT2D eigenvalue weighted by molar-refractivity contribution is -0.384. The molecule has 0 aliphatic carbocycles. The molecule has 1 aromatic rings. The summed E-state index contributed by atoms with van der Waals surface area (Å²) in [6.07, 6.45) is 1.48. The number of carboxylic acid groups (broad SMARTS) is 1. The normalized spacial score (nSPS) is 15.6. The van der Waals surface area contributed by atoms with Crippen molar-refractivity contribution >= 4 is 17.6 Å². The second-order valence-corrected chi connectivity index (χ2v) is 5.59. The van der Waals surface area contributed by atoms with Crippen molar-refractivity contribution in [3.63, 3.8) is 0 Å². The van der Waals surface area contributed by atoms with Crippen molar-refractivity contribution in [1.29, 1.82) is 0 Å². The quantitative estimate of drug-likeness (QED) is 0.679. The minimum atomic E-state index is -0.809. The van der Waals surface area contributed by atoms with Gasteiger partial charge in [-0.25, -0.2) is 0 Å². The van der Waals surface area contributed by atoms with Crippen molar-refractivity contribution < 1.29 is 19.6 Å². The van der Waals surface area contributed by atoms with Gasteiger partial charge in [0.25, 0.3) is 11.6 Å². The average Bonchev–Trinajstić information content (AvgIpc) is 2.46. The number of nitro groups is 1. The predicted molar refractivity (Wildman–Crippen MR) is 78.7 cm³/mol. The third-order valence-electron chi connectivity index (χ3n) is 4.02. The number of hydrogen-bond acceptors (Lipinski definition) is 4. The van der Waals surface area contributed by atoms with Crippen LogP contribution in [0, 0.1) is 23.0 Å². The second-order valence-electron chi connectivity index (χ2n) is 5.59. The van der Waals surface area contributed by atoms with E-state index in [-0.39, 0.29) is 23.9 Å². The maximum Gasteiger partial charge on any atom is 0.303 e. The van der Waals surface area contributed by atoms with Crippen LogP contribution in [-0.2, 0) is 4.79 Å². The summed E-state index contributed by atoms with van der Waals surface area (Å²) in [5.74, 6) is -0.850. The second kappa shape index (κ2) is 6.55. The number of carboxylic acids is 1. The molecule has 0 aromatic heterocycles. The first-order valence-corrected chi connectivity index (χ1v) is 7.14. The first-order valence-electron chi connectivity index (χ1n) is 7.14. The number of carbonyl (C=O) groups excluding carboxylic acids is 1. The van der Waals surface area contributed by atoms with Gasteiger partial charge in [0.05, 0.1) is 4.92 Å². The number of piperidine rings is 1. The van der Waals surface area contributed by atoms with Gasteiger partial charge in [-0.15, -0.1) is 0 Å². The summed E-state index contributed by atoms with van der Waals surface area (Å²) in [6.45, 7) is 2.72. The molecular formula is C15H18N2O5. The van der Waals surface area contributed by atoms with Crippen LogP contribution in [0.2, 0.25) is 0 Å². The van der Waals surface area contributed by atoms with Crippen molar-refractivity contribution in [3.05, 3.63) is 39.4 Å². The summed E-state index contributed by atoms with van der Waals surface area (Å²) >= 11 is 0. The molecule has 1 aliphatic rings. The number of non-ortho nitro benzene ring substituents is 1. The Bertz CT molecular complexity index is 606. The number of amides is 1. The van der Waals surface area contributed by atoms with Crippen LogP contribution in [0.1, 0.15) is 35.2 Å². The lowest BCUT2D eigenvalue weighted by atomic mass is 9.93. The van der Waals surface area contributed by atoms with Gasteiger partial charge in [0, 0.05) is 37.2 Å². The maximum atomic E-state index is 12.5. The van der Waals surface area contributed by atoms with E-state index < -0.39 is 10.9 Å². The van der Waals surface area contributed by atoms with E-state index in [2.05, 4.69) is 0 Å². The van der Waals surface area contributed by atoms with Crippen LogP contribution < -0.4 is 0 Å². The van der Waals surface area contributed by atoms with Crippen molar-refractivity contribution in [2.75, 3.05) is 13.1 Å². The molecule has 0 spiro atoms. The van der Waals surface area contributed by atoms with Crippen molar-refractivity contribution in [2.45, 2.75) is 26.2 Å². The highest BCUT2D eigenvalue weighted by Crippen LogP contribution is 2.24. The standard InChI is InChI=1S/C15H18N2O5/c1-10-8-12(17(21)22)2-3-13(10)15(20)16-6-4-11(5-7-16)9-14(18)19/h2-3,8,11H,4-7,9H2,1H3,(H,18,19). The summed E-state index contributed by atoms with van der Waals surface area (Å²) in [4.78, 5) is 35.1. The maximum absolute atomic E-state index is 12.5. The van der Waals surface area contributed by atoms with Crippen LogP contribution in [-0.4, -0.2) is 39.9 Å². The Kier molecular flexibility index (Phi) is 4.75. The Labute approximate surface area is 127 Å². The Morgan fingerprint density at radius 2 is 2.00 bits per heavy atom. The molecule has 1 aromatic carbocycles. The van der Waals surface area contributed by atoms with E-state index in [9.17, 15) is 19.7 Å². The Hall–Kier alpha value is -2.44. The van der Waals surface area contributed by atoms with Gasteiger partial charge in [0.2, 0.25) is 0 Å². The Morgan fingerprint density at radius 1 is 1.36 bits per heavy atom. The van der Waals surface area contributed by atoms with Crippen LogP contribution in [0.5, 0.6) is 0 Å². The van der Waals surface area contributed by atoms with Crippen LogP contribution >= 0.6 is 0 Å². The van der Waals surface area contributed by atoms with Gasteiger partial charge in [0.15, 0.2) is 0 Å². The van der Waals surface area contributed by atoms with Crippen molar-refractivity contribution in [3.8, 4) is 0 Å². The lowest BCUT2D eigenvalue weighted by Gasteiger charge is -2.31. The number of nitro benzene ring substituents is 1. The fourth-order valence-corrected chi connectivity index (χ4v) is 2.76. The molecule has 2 rings (SSSR count). The zero-order valence-electron chi connectivity index (χ0n) is 12.3. The highest BCUT2D eigenvalue weighted by molar-refractivity contribution is 5.96. The fourth-order valence-electron chi connectivity index (χ4n) is 2.76. The van der Waals surface area contributed by atoms with E-state index in [1.807, 2.05) is 0 Å². The molecule has 22 heavy (non-hydrogen) atoms. The van der Waals surface area contributed by atoms with Gasteiger partial charge in [-0.3, -0.25) is 19.7 Å². The average molecular weight is 306 g/mol. The van der Waals surface area contributed by atoms with Gasteiger partial charge in [-0.1, -0.05) is 0 Å². The molecule has 7 nitrogen and oxygen atoms in total. The monoisotopic (exact) mass is 306 g/mol.